The average Bonchev–Trinajstić information content (AvgIpc) is 2.83. The van der Waals surface area contributed by atoms with Crippen molar-refractivity contribution < 1.29 is 14.0 Å². The number of halogens is 1. The predicted molar refractivity (Wildman–Crippen MR) is 69.6 cm³/mol. The van der Waals surface area contributed by atoms with Crippen LogP contribution >= 0.6 is 11.6 Å². The second kappa shape index (κ2) is 5.58. The molecule has 0 aliphatic carbocycles. The number of amides is 2. The third-order valence-corrected chi connectivity index (χ3v) is 2.69. The summed E-state index contributed by atoms with van der Waals surface area (Å²) in [7, 11) is 0. The number of rotatable bonds is 4. The molecule has 5 nitrogen and oxygen atoms in total. The van der Waals surface area contributed by atoms with Crippen LogP contribution in [0.2, 0.25) is 5.22 Å². The van der Waals surface area contributed by atoms with Crippen LogP contribution in [0.1, 0.15) is 22.2 Å². The minimum Gasteiger partial charge on any atom is -0.440 e. The van der Waals surface area contributed by atoms with Gasteiger partial charge in [0.05, 0.1) is 0 Å². The molecular weight excluding hydrogens is 268 g/mol. The van der Waals surface area contributed by atoms with Crippen molar-refractivity contribution in [3.05, 3.63) is 59.0 Å². The highest BCUT2D eigenvalue weighted by atomic mass is 35.5. The second-order valence-electron chi connectivity index (χ2n) is 3.82. The summed E-state index contributed by atoms with van der Waals surface area (Å²) in [6.07, 6.45) is 0. The van der Waals surface area contributed by atoms with E-state index in [2.05, 4.69) is 5.32 Å². The van der Waals surface area contributed by atoms with E-state index in [0.29, 0.717) is 5.56 Å². The molecule has 0 saturated heterocycles. The van der Waals surface area contributed by atoms with E-state index < -0.39 is 17.9 Å². The lowest BCUT2D eigenvalue weighted by atomic mass is 10.1. The molecule has 0 spiro atoms. The van der Waals surface area contributed by atoms with Gasteiger partial charge < -0.3 is 15.5 Å². The maximum atomic E-state index is 11.9. The molecule has 0 fully saturated rings. The first-order valence-electron chi connectivity index (χ1n) is 5.48. The van der Waals surface area contributed by atoms with E-state index in [1.807, 2.05) is 0 Å². The fraction of sp³-hybridized carbons (Fsp3) is 0.0769. The lowest BCUT2D eigenvalue weighted by Crippen LogP contribution is -2.37. The topological polar surface area (TPSA) is 85.3 Å². The Bertz CT molecular complexity index is 595. The Balaban J connectivity index is 2.18. The molecule has 0 aliphatic rings. The molecule has 0 unspecified atom stereocenters. The summed E-state index contributed by atoms with van der Waals surface area (Å²) in [6.45, 7) is 0. The highest BCUT2D eigenvalue weighted by Gasteiger charge is 2.22. The van der Waals surface area contributed by atoms with E-state index in [0.717, 1.165) is 0 Å². The van der Waals surface area contributed by atoms with Crippen molar-refractivity contribution >= 4 is 23.4 Å². The molecule has 0 aliphatic heterocycles. The molecule has 0 saturated carbocycles. The summed E-state index contributed by atoms with van der Waals surface area (Å²) in [5.74, 6) is -1.19. The van der Waals surface area contributed by atoms with E-state index in [9.17, 15) is 9.59 Å². The molecule has 3 N–H and O–H groups in total. The van der Waals surface area contributed by atoms with E-state index in [4.69, 9.17) is 21.8 Å². The number of benzene rings is 1. The Labute approximate surface area is 114 Å². The fourth-order valence-corrected chi connectivity index (χ4v) is 1.75. The van der Waals surface area contributed by atoms with Crippen molar-refractivity contribution in [2.24, 2.45) is 5.73 Å². The van der Waals surface area contributed by atoms with Crippen LogP contribution in [0.25, 0.3) is 0 Å². The summed E-state index contributed by atoms with van der Waals surface area (Å²) >= 11 is 5.58. The van der Waals surface area contributed by atoms with Crippen molar-refractivity contribution in [3.8, 4) is 0 Å². The number of carbonyl (C=O) groups excluding carboxylic acids is 2. The van der Waals surface area contributed by atoms with Gasteiger partial charge in [-0.25, -0.2) is 0 Å². The van der Waals surface area contributed by atoms with Crippen LogP contribution in [-0.4, -0.2) is 11.8 Å². The van der Waals surface area contributed by atoms with Crippen LogP contribution in [0.4, 0.5) is 0 Å². The lowest BCUT2D eigenvalue weighted by Gasteiger charge is -2.14. The minimum absolute atomic E-state index is 0.0205. The Morgan fingerprint density at radius 2 is 1.84 bits per heavy atom. The van der Waals surface area contributed by atoms with Gasteiger partial charge in [-0.15, -0.1) is 0 Å². The number of furan rings is 1. The van der Waals surface area contributed by atoms with Gasteiger partial charge in [0.25, 0.3) is 5.91 Å². The quantitative estimate of drug-likeness (QED) is 0.895. The molecular formula is C13H11ClN2O3. The zero-order valence-corrected chi connectivity index (χ0v) is 10.6. The van der Waals surface area contributed by atoms with Crippen molar-refractivity contribution in [3.63, 3.8) is 0 Å². The number of primary amides is 1. The number of hydrogen-bond donors (Lipinski definition) is 2. The Morgan fingerprint density at radius 1 is 1.16 bits per heavy atom. The third-order valence-electron chi connectivity index (χ3n) is 2.49. The van der Waals surface area contributed by atoms with Crippen LogP contribution in [0, 0.1) is 0 Å². The molecule has 2 amide bonds. The first-order chi connectivity index (χ1) is 9.08. The summed E-state index contributed by atoms with van der Waals surface area (Å²) < 4.78 is 4.96. The van der Waals surface area contributed by atoms with Gasteiger partial charge >= 0.3 is 0 Å². The third kappa shape index (κ3) is 3.14. The Kier molecular flexibility index (Phi) is 3.87. The summed E-state index contributed by atoms with van der Waals surface area (Å²) in [5.41, 5.74) is 5.89. The molecule has 98 valence electrons. The first-order valence-corrected chi connectivity index (χ1v) is 5.86. The number of nitrogens with two attached hydrogens (primary N) is 1. The SMILES string of the molecule is NC(=O)[C@H](NC(=O)c1ccc(Cl)o1)c1ccccc1. The molecule has 1 aromatic carbocycles. The summed E-state index contributed by atoms with van der Waals surface area (Å²) in [4.78, 5) is 23.3. The van der Waals surface area contributed by atoms with E-state index in [1.54, 1.807) is 30.3 Å². The highest BCUT2D eigenvalue weighted by molar-refractivity contribution is 6.29. The number of carbonyl (C=O) groups is 2. The van der Waals surface area contributed by atoms with Gasteiger partial charge in [-0.05, 0) is 29.3 Å². The molecule has 19 heavy (non-hydrogen) atoms. The van der Waals surface area contributed by atoms with Gasteiger partial charge in [0.15, 0.2) is 11.0 Å². The van der Waals surface area contributed by atoms with Crippen LogP contribution in [0.5, 0.6) is 0 Å². The Hall–Kier alpha value is -2.27. The number of hydrogen-bond acceptors (Lipinski definition) is 3. The normalized spacial score (nSPS) is 11.8. The molecule has 6 heteroatoms. The maximum Gasteiger partial charge on any atom is 0.287 e. The van der Waals surface area contributed by atoms with Crippen molar-refractivity contribution in [2.45, 2.75) is 6.04 Å². The summed E-state index contributed by atoms with van der Waals surface area (Å²) in [6, 6.07) is 10.6. The summed E-state index contributed by atoms with van der Waals surface area (Å²) in [5, 5.41) is 2.59. The predicted octanol–water partition coefficient (Wildman–Crippen LogP) is 1.89. The lowest BCUT2D eigenvalue weighted by molar-refractivity contribution is -0.120. The average molecular weight is 279 g/mol. The Morgan fingerprint density at radius 3 is 2.37 bits per heavy atom. The van der Waals surface area contributed by atoms with E-state index in [1.165, 1.54) is 12.1 Å². The van der Waals surface area contributed by atoms with Gasteiger partial charge in [0, 0.05) is 0 Å². The fourth-order valence-electron chi connectivity index (χ4n) is 1.60. The van der Waals surface area contributed by atoms with Crippen LogP contribution < -0.4 is 11.1 Å². The van der Waals surface area contributed by atoms with Crippen molar-refractivity contribution in [1.29, 1.82) is 0 Å². The molecule has 1 heterocycles. The minimum atomic E-state index is -0.919. The van der Waals surface area contributed by atoms with Gasteiger partial charge in [0.1, 0.15) is 6.04 Å². The second-order valence-corrected chi connectivity index (χ2v) is 4.20. The van der Waals surface area contributed by atoms with Crippen LogP contribution in [-0.2, 0) is 4.79 Å². The van der Waals surface area contributed by atoms with Gasteiger partial charge in [-0.1, -0.05) is 30.3 Å². The van der Waals surface area contributed by atoms with Gasteiger partial charge in [-0.3, -0.25) is 9.59 Å². The number of nitrogens with one attached hydrogen (secondary N) is 1. The zero-order valence-electron chi connectivity index (χ0n) is 9.80. The largest absolute Gasteiger partial charge is 0.440 e. The van der Waals surface area contributed by atoms with Crippen LogP contribution in [0.15, 0.2) is 46.9 Å². The maximum absolute atomic E-state index is 11.9. The monoisotopic (exact) mass is 278 g/mol. The van der Waals surface area contributed by atoms with Gasteiger partial charge in [0.2, 0.25) is 5.91 Å². The molecule has 2 rings (SSSR count). The smallest absolute Gasteiger partial charge is 0.287 e. The molecule has 2 aromatic rings. The van der Waals surface area contributed by atoms with Crippen molar-refractivity contribution in [1.82, 2.24) is 5.32 Å². The standard InChI is InChI=1S/C13H11ClN2O3/c14-10-7-6-9(19-10)13(18)16-11(12(15)17)8-4-2-1-3-5-8/h1-7,11H,(H2,15,17)(H,16,18)/t11-/m1/s1. The van der Waals surface area contributed by atoms with E-state index in [-0.39, 0.29) is 11.0 Å². The molecule has 0 radical (unpaired) electrons. The zero-order chi connectivity index (χ0) is 13.8. The highest BCUT2D eigenvalue weighted by Crippen LogP contribution is 2.16. The molecule has 0 bridgehead atoms. The molecule has 1 atom stereocenters. The molecule has 1 aromatic heterocycles. The first kappa shape index (κ1) is 13.2. The van der Waals surface area contributed by atoms with Gasteiger partial charge in [-0.2, -0.15) is 0 Å². The van der Waals surface area contributed by atoms with Crippen LogP contribution in [0.3, 0.4) is 0 Å². The van der Waals surface area contributed by atoms with E-state index >= 15 is 0 Å². The van der Waals surface area contributed by atoms with Crippen molar-refractivity contribution in [2.75, 3.05) is 0 Å².